The molecule has 0 amide bonds. The molecule has 0 radical (unpaired) electrons. The molecule has 0 saturated carbocycles. The van der Waals surface area contributed by atoms with Gasteiger partial charge < -0.3 is 0 Å². The van der Waals surface area contributed by atoms with Gasteiger partial charge in [0.1, 0.15) is 0 Å². The molecular weight excluding hydrogens is 332 g/mol. The Labute approximate surface area is 149 Å². The summed E-state index contributed by atoms with van der Waals surface area (Å²) in [6, 6.07) is 17.6. The third kappa shape index (κ3) is 2.93. The monoisotopic (exact) mass is 354 g/mol. The van der Waals surface area contributed by atoms with E-state index in [1.807, 2.05) is 54.6 Å². The van der Waals surface area contributed by atoms with Crippen molar-refractivity contribution in [1.82, 2.24) is 0 Å². The van der Waals surface area contributed by atoms with Gasteiger partial charge in [-0.15, -0.1) is 0 Å². The Morgan fingerprint density at radius 2 is 1.44 bits per heavy atom. The summed E-state index contributed by atoms with van der Waals surface area (Å²) in [6.07, 6.45) is 3.36. The number of rotatable bonds is 3. The van der Waals surface area contributed by atoms with Gasteiger partial charge in [-0.2, -0.15) is 0 Å². The molecule has 2 heterocycles. The maximum atomic E-state index is 13.2. The van der Waals surface area contributed by atoms with Crippen LogP contribution in [0.1, 0.15) is 42.5 Å². The first-order chi connectivity index (χ1) is 12.1. The van der Waals surface area contributed by atoms with Gasteiger partial charge in [-0.3, -0.25) is 4.79 Å². The van der Waals surface area contributed by atoms with Crippen LogP contribution in [-0.2, 0) is 9.84 Å². The molecule has 3 nitrogen and oxygen atoms in total. The van der Waals surface area contributed by atoms with E-state index in [1.165, 1.54) is 0 Å². The number of ketones is 1. The van der Waals surface area contributed by atoms with Crippen LogP contribution in [0.3, 0.4) is 0 Å². The Balaban J connectivity index is 1.67. The SMILES string of the molecule is O=C(c1ccccc1-c1ccccc1)C1CC2CCCC(C1)S2(=O)=O. The minimum absolute atomic E-state index is 0.103. The van der Waals surface area contributed by atoms with Gasteiger partial charge in [-0.25, -0.2) is 8.42 Å². The van der Waals surface area contributed by atoms with Crippen LogP contribution in [-0.4, -0.2) is 24.7 Å². The van der Waals surface area contributed by atoms with Crippen LogP contribution in [0.15, 0.2) is 54.6 Å². The van der Waals surface area contributed by atoms with Gasteiger partial charge in [-0.05, 0) is 36.8 Å². The number of hydrogen-bond acceptors (Lipinski definition) is 3. The summed E-state index contributed by atoms with van der Waals surface area (Å²) in [5, 5.41) is -0.643. The second-order valence-electron chi connectivity index (χ2n) is 7.21. The first-order valence-electron chi connectivity index (χ1n) is 8.99. The van der Waals surface area contributed by atoms with E-state index >= 15 is 0 Å². The van der Waals surface area contributed by atoms with E-state index in [1.54, 1.807) is 0 Å². The third-order valence-corrected chi connectivity index (χ3v) is 8.44. The molecule has 130 valence electrons. The van der Waals surface area contributed by atoms with Crippen molar-refractivity contribution in [2.24, 2.45) is 5.92 Å². The summed E-state index contributed by atoms with van der Waals surface area (Å²) < 4.78 is 25.0. The highest BCUT2D eigenvalue weighted by molar-refractivity contribution is 7.92. The van der Waals surface area contributed by atoms with Gasteiger partial charge in [0, 0.05) is 11.5 Å². The molecule has 0 spiro atoms. The van der Waals surface area contributed by atoms with Crippen molar-refractivity contribution >= 4 is 15.6 Å². The first-order valence-corrected chi connectivity index (χ1v) is 10.6. The van der Waals surface area contributed by atoms with E-state index in [-0.39, 0.29) is 22.2 Å². The molecule has 0 aliphatic carbocycles. The predicted octanol–water partition coefficient (Wildman–Crippen LogP) is 4.28. The Morgan fingerprint density at radius 3 is 2.12 bits per heavy atom. The van der Waals surface area contributed by atoms with Crippen molar-refractivity contribution < 1.29 is 13.2 Å². The van der Waals surface area contributed by atoms with E-state index in [0.29, 0.717) is 25.7 Å². The van der Waals surface area contributed by atoms with Crippen molar-refractivity contribution in [3.63, 3.8) is 0 Å². The van der Waals surface area contributed by atoms with Gasteiger partial charge in [0.05, 0.1) is 10.5 Å². The first kappa shape index (κ1) is 16.5. The summed E-state index contributed by atoms with van der Waals surface area (Å²) in [7, 11) is -3.03. The Hall–Kier alpha value is -1.94. The summed E-state index contributed by atoms with van der Waals surface area (Å²) in [4.78, 5) is 13.2. The Bertz CT molecular complexity index is 866. The molecule has 2 aromatic carbocycles. The fourth-order valence-electron chi connectivity index (χ4n) is 4.41. The van der Waals surface area contributed by atoms with Gasteiger partial charge >= 0.3 is 0 Å². The summed E-state index contributed by atoms with van der Waals surface area (Å²) >= 11 is 0. The summed E-state index contributed by atoms with van der Waals surface area (Å²) in [5.74, 6) is -0.0741. The van der Waals surface area contributed by atoms with Crippen LogP contribution < -0.4 is 0 Å². The van der Waals surface area contributed by atoms with E-state index < -0.39 is 9.84 Å². The second kappa shape index (κ2) is 6.41. The molecule has 4 heteroatoms. The van der Waals surface area contributed by atoms with E-state index in [2.05, 4.69) is 0 Å². The lowest BCUT2D eigenvalue weighted by Gasteiger charge is -2.38. The normalized spacial score (nSPS) is 27.6. The number of carbonyl (C=O) groups is 1. The maximum Gasteiger partial charge on any atom is 0.166 e. The highest BCUT2D eigenvalue weighted by Gasteiger charge is 2.46. The minimum Gasteiger partial charge on any atom is -0.294 e. The fraction of sp³-hybridized carbons (Fsp3) is 0.381. The average Bonchev–Trinajstić information content (AvgIpc) is 2.61. The molecule has 2 bridgehead atoms. The third-order valence-electron chi connectivity index (χ3n) is 5.72. The van der Waals surface area contributed by atoms with Gasteiger partial charge in [0.2, 0.25) is 0 Å². The lowest BCUT2D eigenvalue weighted by atomic mass is 9.82. The van der Waals surface area contributed by atoms with Crippen LogP contribution in [0.5, 0.6) is 0 Å². The zero-order chi connectivity index (χ0) is 17.4. The number of carbonyl (C=O) groups excluding carboxylic acids is 1. The zero-order valence-corrected chi connectivity index (χ0v) is 14.9. The van der Waals surface area contributed by atoms with Gasteiger partial charge in [0.15, 0.2) is 15.6 Å². The van der Waals surface area contributed by atoms with Crippen molar-refractivity contribution in [3.8, 4) is 11.1 Å². The van der Waals surface area contributed by atoms with Gasteiger partial charge in [0.25, 0.3) is 0 Å². The molecule has 2 unspecified atom stereocenters. The molecular formula is C21H22O3S. The molecule has 0 N–H and O–H groups in total. The number of fused-ring (bicyclic) bond motifs is 2. The van der Waals surface area contributed by atoms with Crippen molar-refractivity contribution in [3.05, 3.63) is 60.2 Å². The largest absolute Gasteiger partial charge is 0.294 e. The molecule has 25 heavy (non-hydrogen) atoms. The predicted molar refractivity (Wildman–Crippen MR) is 99.3 cm³/mol. The molecule has 2 atom stereocenters. The van der Waals surface area contributed by atoms with Crippen LogP contribution >= 0.6 is 0 Å². The molecule has 2 fully saturated rings. The van der Waals surface area contributed by atoms with Crippen molar-refractivity contribution in [2.75, 3.05) is 0 Å². The number of benzene rings is 2. The molecule has 4 rings (SSSR count). The van der Waals surface area contributed by atoms with Crippen LogP contribution in [0.2, 0.25) is 0 Å². The molecule has 2 saturated heterocycles. The standard InChI is InChI=1S/C21H22O3S/c22-21(16-13-17-9-6-10-18(14-16)25(17,23)24)20-12-5-4-11-19(20)15-7-2-1-3-8-15/h1-5,7-8,11-12,16-18H,6,9-10,13-14H2. The van der Waals surface area contributed by atoms with E-state index in [9.17, 15) is 13.2 Å². The van der Waals surface area contributed by atoms with Crippen LogP contribution in [0.25, 0.3) is 11.1 Å². The fourth-order valence-corrected chi connectivity index (χ4v) is 6.95. The van der Waals surface area contributed by atoms with Crippen molar-refractivity contribution in [2.45, 2.75) is 42.6 Å². The van der Waals surface area contributed by atoms with Gasteiger partial charge in [-0.1, -0.05) is 61.0 Å². The number of hydrogen-bond donors (Lipinski definition) is 0. The molecule has 0 aromatic heterocycles. The maximum absolute atomic E-state index is 13.2. The Kier molecular flexibility index (Phi) is 4.24. The molecule has 2 aromatic rings. The zero-order valence-electron chi connectivity index (χ0n) is 14.1. The Morgan fingerprint density at radius 1 is 0.840 bits per heavy atom. The molecule has 2 aliphatic heterocycles. The highest BCUT2D eigenvalue weighted by atomic mass is 32.2. The smallest absolute Gasteiger partial charge is 0.166 e. The molecule has 2 aliphatic rings. The minimum atomic E-state index is -3.03. The van der Waals surface area contributed by atoms with Crippen molar-refractivity contribution in [1.29, 1.82) is 0 Å². The quantitative estimate of drug-likeness (QED) is 0.773. The second-order valence-corrected chi connectivity index (χ2v) is 9.72. The summed E-state index contributed by atoms with van der Waals surface area (Å²) in [6.45, 7) is 0. The van der Waals surface area contributed by atoms with E-state index in [4.69, 9.17) is 0 Å². The lowest BCUT2D eigenvalue weighted by Crippen LogP contribution is -2.45. The van der Waals surface area contributed by atoms with Crippen LogP contribution in [0, 0.1) is 5.92 Å². The topological polar surface area (TPSA) is 51.2 Å². The van der Waals surface area contributed by atoms with Crippen LogP contribution in [0.4, 0.5) is 0 Å². The average molecular weight is 354 g/mol. The highest BCUT2D eigenvalue weighted by Crippen LogP contribution is 2.41. The number of Topliss-reactive ketones (excluding diaryl/α,β-unsaturated/α-hetero) is 1. The lowest BCUT2D eigenvalue weighted by molar-refractivity contribution is 0.0894. The summed E-state index contributed by atoms with van der Waals surface area (Å²) in [5.41, 5.74) is 2.68. The number of sulfone groups is 1. The van der Waals surface area contributed by atoms with E-state index in [0.717, 1.165) is 23.1 Å².